The number of amidine groups is 1. The maximum atomic E-state index is 13.2. The lowest BCUT2D eigenvalue weighted by Gasteiger charge is -2.16. The minimum absolute atomic E-state index is 0.128. The van der Waals surface area contributed by atoms with Gasteiger partial charge < -0.3 is 10.2 Å². The number of amides is 2. The van der Waals surface area contributed by atoms with Gasteiger partial charge in [-0.1, -0.05) is 49.2 Å². The Labute approximate surface area is 178 Å². The summed E-state index contributed by atoms with van der Waals surface area (Å²) in [6.45, 7) is 4.64. The van der Waals surface area contributed by atoms with Gasteiger partial charge in [-0.15, -0.1) is 0 Å². The Hall–Kier alpha value is -2.57. The van der Waals surface area contributed by atoms with Crippen LogP contribution in [0.15, 0.2) is 52.4 Å². The summed E-state index contributed by atoms with van der Waals surface area (Å²) in [7, 11) is 0. The number of halogens is 1. The number of carbonyl (C=O) groups is 2. The molecule has 29 heavy (non-hydrogen) atoms. The van der Waals surface area contributed by atoms with Crippen LogP contribution in [0.4, 0.5) is 11.4 Å². The highest BCUT2D eigenvalue weighted by atomic mass is 35.5. The van der Waals surface area contributed by atoms with Crippen molar-refractivity contribution in [2.75, 3.05) is 11.4 Å². The van der Waals surface area contributed by atoms with Crippen LogP contribution in [0.2, 0.25) is 5.02 Å². The van der Waals surface area contributed by atoms with E-state index in [1.54, 1.807) is 11.0 Å². The van der Waals surface area contributed by atoms with Crippen LogP contribution in [0.25, 0.3) is 5.57 Å². The van der Waals surface area contributed by atoms with E-state index < -0.39 is 0 Å². The van der Waals surface area contributed by atoms with Crippen molar-refractivity contribution in [3.8, 4) is 0 Å². The number of hydrogen-bond acceptors (Lipinski definition) is 4. The van der Waals surface area contributed by atoms with Crippen LogP contribution in [-0.2, 0) is 9.59 Å². The van der Waals surface area contributed by atoms with E-state index in [-0.39, 0.29) is 11.8 Å². The first kappa shape index (κ1) is 19.7. The zero-order chi connectivity index (χ0) is 20.5. The second-order valence-corrected chi connectivity index (χ2v) is 8.34. The first-order valence-electron chi connectivity index (χ1n) is 9.49. The van der Waals surface area contributed by atoms with Gasteiger partial charge in [0, 0.05) is 17.1 Å². The smallest absolute Gasteiger partial charge is 0.264 e. The van der Waals surface area contributed by atoms with Gasteiger partial charge in [0.25, 0.3) is 11.8 Å². The first-order chi connectivity index (χ1) is 14.0. The van der Waals surface area contributed by atoms with E-state index >= 15 is 0 Å². The Morgan fingerprint density at radius 1 is 1.17 bits per heavy atom. The highest BCUT2D eigenvalue weighted by Gasteiger charge is 2.38. The molecule has 5 nitrogen and oxygen atoms in total. The number of benzene rings is 2. The molecule has 0 aliphatic carbocycles. The second kappa shape index (κ2) is 8.05. The Bertz CT molecular complexity index is 1080. The van der Waals surface area contributed by atoms with E-state index in [1.807, 2.05) is 43.3 Å². The fourth-order valence-electron chi connectivity index (χ4n) is 3.34. The normalized spacial score (nSPS) is 19.8. The molecule has 1 saturated heterocycles. The zero-order valence-electron chi connectivity index (χ0n) is 16.2. The maximum absolute atomic E-state index is 13.2. The number of thioether (sulfide) groups is 1. The fraction of sp³-hybridized carbons (Fsp3) is 0.227. The molecule has 0 saturated carbocycles. The molecule has 2 heterocycles. The van der Waals surface area contributed by atoms with Crippen LogP contribution >= 0.6 is 23.4 Å². The Morgan fingerprint density at radius 2 is 1.97 bits per heavy atom. The number of nitrogens with zero attached hydrogens (tertiary/aromatic N) is 2. The van der Waals surface area contributed by atoms with Crippen LogP contribution in [0.5, 0.6) is 0 Å². The van der Waals surface area contributed by atoms with Crippen LogP contribution in [0, 0.1) is 6.92 Å². The van der Waals surface area contributed by atoms with Gasteiger partial charge in [-0.2, -0.15) is 0 Å². The summed E-state index contributed by atoms with van der Waals surface area (Å²) in [6.07, 6.45) is 1.89. The summed E-state index contributed by atoms with van der Waals surface area (Å²) < 4.78 is 0. The van der Waals surface area contributed by atoms with E-state index in [0.29, 0.717) is 32.9 Å². The minimum atomic E-state index is -0.303. The molecule has 2 amide bonds. The molecule has 0 atom stereocenters. The Morgan fingerprint density at radius 3 is 2.72 bits per heavy atom. The van der Waals surface area contributed by atoms with Crippen LogP contribution in [-0.4, -0.2) is 23.5 Å². The quantitative estimate of drug-likeness (QED) is 0.696. The summed E-state index contributed by atoms with van der Waals surface area (Å²) in [5.74, 6) is -0.431. The predicted molar refractivity (Wildman–Crippen MR) is 120 cm³/mol. The summed E-state index contributed by atoms with van der Waals surface area (Å²) in [5, 5.41) is 3.83. The molecule has 4 rings (SSSR count). The Balaban J connectivity index is 1.71. The van der Waals surface area contributed by atoms with Crippen LogP contribution < -0.4 is 10.2 Å². The molecule has 1 fully saturated rings. The molecule has 2 aromatic carbocycles. The molecule has 2 aromatic rings. The molecule has 0 spiro atoms. The molecule has 0 radical (unpaired) electrons. The third kappa shape index (κ3) is 3.70. The van der Waals surface area contributed by atoms with Crippen molar-refractivity contribution in [3.63, 3.8) is 0 Å². The lowest BCUT2D eigenvalue weighted by Crippen LogP contribution is -2.28. The van der Waals surface area contributed by atoms with E-state index in [0.717, 1.165) is 29.7 Å². The zero-order valence-corrected chi connectivity index (χ0v) is 17.7. The molecule has 0 bridgehead atoms. The SMILES string of the molecule is CCCCN1C(=O)/C(=C2/SC(=Nc3ccc(C)c(Cl)c3)NC2=O)c2ccccc21. The van der Waals surface area contributed by atoms with E-state index in [2.05, 4.69) is 17.2 Å². The fourth-order valence-corrected chi connectivity index (χ4v) is 4.45. The van der Waals surface area contributed by atoms with Gasteiger partial charge in [0.05, 0.1) is 21.9 Å². The molecule has 2 aliphatic rings. The van der Waals surface area contributed by atoms with Crippen molar-refractivity contribution in [1.29, 1.82) is 0 Å². The van der Waals surface area contributed by atoms with Gasteiger partial charge in [-0.05, 0) is 48.9 Å². The second-order valence-electron chi connectivity index (χ2n) is 6.94. The number of aryl methyl sites for hydroxylation is 1. The average molecular weight is 426 g/mol. The van der Waals surface area contributed by atoms with Crippen LogP contribution in [0.3, 0.4) is 0 Å². The van der Waals surface area contributed by atoms with Gasteiger partial charge in [-0.3, -0.25) is 9.59 Å². The monoisotopic (exact) mass is 425 g/mol. The minimum Gasteiger partial charge on any atom is -0.308 e. The number of unbranched alkanes of at least 4 members (excludes halogenated alkanes) is 1. The van der Waals surface area contributed by atoms with Crippen molar-refractivity contribution >= 4 is 57.3 Å². The number of fused-ring (bicyclic) bond motifs is 1. The number of aliphatic imine (C=N–C) groups is 1. The Kier molecular flexibility index (Phi) is 5.48. The van der Waals surface area contributed by atoms with Gasteiger partial charge in [0.2, 0.25) is 0 Å². The lowest BCUT2D eigenvalue weighted by atomic mass is 10.1. The van der Waals surface area contributed by atoms with Gasteiger partial charge in [0.15, 0.2) is 5.17 Å². The van der Waals surface area contributed by atoms with Crippen LogP contribution in [0.1, 0.15) is 30.9 Å². The number of para-hydroxylation sites is 1. The molecule has 7 heteroatoms. The number of anilines is 1. The highest BCUT2D eigenvalue weighted by molar-refractivity contribution is 8.18. The topological polar surface area (TPSA) is 61.8 Å². The van der Waals surface area contributed by atoms with Crippen molar-refractivity contribution in [3.05, 3.63) is 63.5 Å². The number of carbonyl (C=O) groups excluding carboxylic acids is 2. The standard InChI is InChI=1S/C22H20ClN3O2S/c1-3-4-11-26-17-8-6-5-7-15(17)18(21(26)28)19-20(27)25-22(29-19)24-14-10-9-13(2)16(23)12-14/h5-10,12H,3-4,11H2,1-2H3,(H,24,25,27)/b19-18+. The van der Waals surface area contributed by atoms with Gasteiger partial charge in [0.1, 0.15) is 0 Å². The molecular formula is C22H20ClN3O2S. The summed E-state index contributed by atoms with van der Waals surface area (Å²) in [4.78, 5) is 32.5. The maximum Gasteiger partial charge on any atom is 0.264 e. The van der Waals surface area contributed by atoms with Crippen molar-refractivity contribution in [2.24, 2.45) is 4.99 Å². The average Bonchev–Trinajstić information content (AvgIpc) is 3.19. The lowest BCUT2D eigenvalue weighted by molar-refractivity contribution is -0.116. The molecule has 0 aromatic heterocycles. The van der Waals surface area contributed by atoms with Gasteiger partial charge in [-0.25, -0.2) is 4.99 Å². The van der Waals surface area contributed by atoms with E-state index in [1.165, 1.54) is 11.8 Å². The third-order valence-corrected chi connectivity index (χ3v) is 6.28. The van der Waals surface area contributed by atoms with Crippen molar-refractivity contribution < 1.29 is 9.59 Å². The van der Waals surface area contributed by atoms with E-state index in [9.17, 15) is 9.59 Å². The number of rotatable bonds is 4. The molecule has 0 unspecified atom stereocenters. The summed E-state index contributed by atoms with van der Waals surface area (Å²) >= 11 is 7.36. The first-order valence-corrected chi connectivity index (χ1v) is 10.7. The number of hydrogen-bond donors (Lipinski definition) is 1. The summed E-state index contributed by atoms with van der Waals surface area (Å²) in [5.41, 5.74) is 3.72. The largest absolute Gasteiger partial charge is 0.308 e. The summed E-state index contributed by atoms with van der Waals surface area (Å²) in [6, 6.07) is 13.1. The molecule has 1 N–H and O–H groups in total. The molecule has 148 valence electrons. The van der Waals surface area contributed by atoms with Crippen molar-refractivity contribution in [2.45, 2.75) is 26.7 Å². The van der Waals surface area contributed by atoms with Crippen molar-refractivity contribution in [1.82, 2.24) is 5.32 Å². The predicted octanol–water partition coefficient (Wildman–Crippen LogP) is 5.06. The number of nitrogens with one attached hydrogen (secondary N) is 1. The molecule has 2 aliphatic heterocycles. The van der Waals surface area contributed by atoms with E-state index in [4.69, 9.17) is 11.6 Å². The third-order valence-electron chi connectivity index (χ3n) is 4.90. The highest BCUT2D eigenvalue weighted by Crippen LogP contribution is 2.43. The van der Waals surface area contributed by atoms with Gasteiger partial charge >= 0.3 is 0 Å². The molecular weight excluding hydrogens is 406 g/mol.